The van der Waals surface area contributed by atoms with E-state index >= 15 is 0 Å². The van der Waals surface area contributed by atoms with Crippen LogP contribution in [0.3, 0.4) is 0 Å². The van der Waals surface area contributed by atoms with Gasteiger partial charge >= 0.3 is 11.9 Å². The molecule has 11 heteroatoms. The van der Waals surface area contributed by atoms with Gasteiger partial charge in [0.15, 0.2) is 6.10 Å². The minimum Gasteiger partial charge on any atom is -0.462 e. The van der Waals surface area contributed by atoms with Crippen LogP contribution < -0.4 is 5.32 Å². The van der Waals surface area contributed by atoms with Gasteiger partial charge in [-0.15, -0.1) is 16.4 Å². The topological polar surface area (TPSA) is 125 Å². The number of amides is 1. The van der Waals surface area contributed by atoms with Gasteiger partial charge < -0.3 is 14.8 Å². The molecule has 0 fully saturated rings. The van der Waals surface area contributed by atoms with Crippen molar-refractivity contribution in [1.29, 1.82) is 0 Å². The molecular formula is C24H21N5O5S. The summed E-state index contributed by atoms with van der Waals surface area (Å²) < 4.78 is 11.9. The van der Waals surface area contributed by atoms with Crippen molar-refractivity contribution < 1.29 is 23.9 Å². The molecule has 4 rings (SSSR count). The molecule has 0 aliphatic heterocycles. The molecule has 2 aromatic heterocycles. The Hall–Kier alpha value is -4.38. The molecule has 0 radical (unpaired) electrons. The van der Waals surface area contributed by atoms with E-state index in [1.54, 1.807) is 36.6 Å². The number of tetrazole rings is 1. The molecule has 1 atom stereocenters. The summed E-state index contributed by atoms with van der Waals surface area (Å²) in [5.74, 6) is -1.87. The number of esters is 2. The number of aromatic nitrogens is 4. The number of carbonyl (C=O) groups excluding carboxylic acids is 3. The maximum absolute atomic E-state index is 12.9. The van der Waals surface area contributed by atoms with Crippen molar-refractivity contribution in [2.45, 2.75) is 20.0 Å². The number of ether oxygens (including phenoxy) is 2. The van der Waals surface area contributed by atoms with Crippen molar-refractivity contribution in [3.8, 4) is 16.8 Å². The Morgan fingerprint density at radius 2 is 1.80 bits per heavy atom. The third-order valence-electron chi connectivity index (χ3n) is 4.96. The molecule has 0 spiro atoms. The lowest BCUT2D eigenvalue weighted by molar-refractivity contribution is -0.123. The Kier molecular flexibility index (Phi) is 7.27. The lowest BCUT2D eigenvalue weighted by atomic mass is 10.0. The molecule has 4 aromatic rings. The van der Waals surface area contributed by atoms with Gasteiger partial charge in [0.05, 0.1) is 17.9 Å². The fraction of sp³-hybridized carbons (Fsp3) is 0.167. The van der Waals surface area contributed by atoms with Gasteiger partial charge in [0.1, 0.15) is 16.9 Å². The molecule has 0 aliphatic rings. The first-order chi connectivity index (χ1) is 17.0. The van der Waals surface area contributed by atoms with Crippen molar-refractivity contribution in [3.63, 3.8) is 0 Å². The minimum atomic E-state index is -1.15. The van der Waals surface area contributed by atoms with E-state index in [1.807, 2.05) is 30.3 Å². The van der Waals surface area contributed by atoms with E-state index in [4.69, 9.17) is 9.47 Å². The summed E-state index contributed by atoms with van der Waals surface area (Å²) in [4.78, 5) is 38.4. The maximum Gasteiger partial charge on any atom is 0.341 e. The summed E-state index contributed by atoms with van der Waals surface area (Å²) in [6, 6.07) is 15.9. The molecule has 2 aromatic carbocycles. The van der Waals surface area contributed by atoms with Gasteiger partial charge in [-0.25, -0.2) is 9.59 Å². The second-order valence-corrected chi connectivity index (χ2v) is 8.13. The third kappa shape index (κ3) is 5.25. The number of thiophene rings is 1. The summed E-state index contributed by atoms with van der Waals surface area (Å²) in [7, 11) is 0. The lowest BCUT2D eigenvalue weighted by Crippen LogP contribution is -2.30. The molecule has 0 saturated carbocycles. The predicted octanol–water partition coefficient (Wildman–Crippen LogP) is 3.75. The Bertz CT molecular complexity index is 1340. The molecule has 178 valence electrons. The van der Waals surface area contributed by atoms with Crippen molar-refractivity contribution in [2.24, 2.45) is 0 Å². The van der Waals surface area contributed by atoms with E-state index in [0.717, 1.165) is 5.56 Å². The Morgan fingerprint density at radius 1 is 1.06 bits per heavy atom. The average Bonchev–Trinajstić information content (AvgIpc) is 3.55. The third-order valence-corrected chi connectivity index (χ3v) is 5.86. The number of benzene rings is 2. The first-order valence-corrected chi connectivity index (χ1v) is 11.6. The van der Waals surface area contributed by atoms with Gasteiger partial charge in [0.25, 0.3) is 5.91 Å². The highest BCUT2D eigenvalue weighted by molar-refractivity contribution is 7.15. The number of nitrogens with zero attached hydrogens (tertiary/aromatic N) is 4. The highest BCUT2D eigenvalue weighted by Crippen LogP contribution is 2.36. The average molecular weight is 492 g/mol. The zero-order chi connectivity index (χ0) is 24.8. The summed E-state index contributed by atoms with van der Waals surface area (Å²) in [5, 5.41) is 15.7. The molecule has 1 unspecified atom stereocenters. The SMILES string of the molecule is CCOC(=O)c1c(-c2ccccc2)csc1NC(=O)C(C)OC(=O)c1ccccc1-n1cnnn1. The maximum atomic E-state index is 12.9. The largest absolute Gasteiger partial charge is 0.462 e. The second-order valence-electron chi connectivity index (χ2n) is 7.25. The van der Waals surface area contributed by atoms with Crippen LogP contribution in [0.1, 0.15) is 34.6 Å². The van der Waals surface area contributed by atoms with Gasteiger partial charge in [0, 0.05) is 10.9 Å². The first kappa shape index (κ1) is 23.8. The van der Waals surface area contributed by atoms with E-state index in [9.17, 15) is 14.4 Å². The van der Waals surface area contributed by atoms with Crippen LogP contribution in [-0.4, -0.2) is 50.8 Å². The van der Waals surface area contributed by atoms with Crippen LogP contribution in [-0.2, 0) is 14.3 Å². The van der Waals surface area contributed by atoms with E-state index in [-0.39, 0.29) is 17.7 Å². The van der Waals surface area contributed by atoms with E-state index in [0.29, 0.717) is 16.3 Å². The Balaban J connectivity index is 1.53. The molecule has 0 bridgehead atoms. The van der Waals surface area contributed by atoms with Gasteiger partial charge in [-0.05, 0) is 42.0 Å². The predicted molar refractivity (Wildman–Crippen MR) is 128 cm³/mol. The van der Waals surface area contributed by atoms with Crippen molar-refractivity contribution >= 4 is 34.2 Å². The molecule has 2 heterocycles. The smallest absolute Gasteiger partial charge is 0.341 e. The molecule has 10 nitrogen and oxygen atoms in total. The zero-order valence-electron chi connectivity index (χ0n) is 18.9. The Morgan fingerprint density at radius 3 is 2.51 bits per heavy atom. The van der Waals surface area contributed by atoms with Crippen LogP contribution in [0.25, 0.3) is 16.8 Å². The summed E-state index contributed by atoms with van der Waals surface area (Å²) in [6.45, 7) is 3.34. The quantitative estimate of drug-likeness (QED) is 0.370. The van der Waals surface area contributed by atoms with Crippen molar-refractivity contribution in [3.05, 3.63) is 77.4 Å². The van der Waals surface area contributed by atoms with Crippen LogP contribution in [0.2, 0.25) is 0 Å². The summed E-state index contributed by atoms with van der Waals surface area (Å²) in [5.41, 5.74) is 2.30. The van der Waals surface area contributed by atoms with E-state index in [2.05, 4.69) is 20.8 Å². The molecule has 1 amide bonds. The number of anilines is 1. The number of nitrogens with one attached hydrogen (secondary N) is 1. The molecule has 0 aliphatic carbocycles. The first-order valence-electron chi connectivity index (χ1n) is 10.7. The van der Waals surface area contributed by atoms with Crippen LogP contribution in [0, 0.1) is 0 Å². The normalized spacial score (nSPS) is 11.5. The standard InChI is InChI=1S/C24H21N5O5S/c1-3-33-24(32)20-18(16-9-5-4-6-10-16)13-35-22(20)26-21(30)15(2)34-23(31)17-11-7-8-12-19(17)29-14-25-27-28-29/h4-15H,3H2,1-2H3,(H,26,30). The van der Waals surface area contributed by atoms with Crippen LogP contribution in [0.15, 0.2) is 66.3 Å². The van der Waals surface area contributed by atoms with Gasteiger partial charge in [0.2, 0.25) is 0 Å². The molecular weight excluding hydrogens is 470 g/mol. The van der Waals surface area contributed by atoms with Crippen LogP contribution >= 0.6 is 11.3 Å². The van der Waals surface area contributed by atoms with Gasteiger partial charge in [-0.2, -0.15) is 4.68 Å². The zero-order valence-corrected chi connectivity index (χ0v) is 19.7. The number of rotatable bonds is 8. The van der Waals surface area contributed by atoms with E-state index in [1.165, 1.54) is 29.3 Å². The minimum absolute atomic E-state index is 0.186. The Labute approximate surface area is 204 Å². The van der Waals surface area contributed by atoms with Gasteiger partial charge in [-0.3, -0.25) is 4.79 Å². The van der Waals surface area contributed by atoms with Crippen LogP contribution in [0.5, 0.6) is 0 Å². The van der Waals surface area contributed by atoms with E-state index < -0.39 is 23.9 Å². The van der Waals surface area contributed by atoms with Gasteiger partial charge in [-0.1, -0.05) is 42.5 Å². The number of carbonyl (C=O) groups is 3. The number of hydrogen-bond acceptors (Lipinski definition) is 9. The molecule has 35 heavy (non-hydrogen) atoms. The molecule has 0 saturated heterocycles. The van der Waals surface area contributed by atoms with Crippen molar-refractivity contribution in [2.75, 3.05) is 11.9 Å². The second kappa shape index (κ2) is 10.7. The monoisotopic (exact) mass is 491 g/mol. The summed E-state index contributed by atoms with van der Waals surface area (Å²) in [6.07, 6.45) is 0.196. The number of hydrogen-bond donors (Lipinski definition) is 1. The summed E-state index contributed by atoms with van der Waals surface area (Å²) >= 11 is 1.19. The number of para-hydroxylation sites is 1. The highest BCUT2D eigenvalue weighted by Gasteiger charge is 2.26. The van der Waals surface area contributed by atoms with Crippen molar-refractivity contribution in [1.82, 2.24) is 20.2 Å². The highest BCUT2D eigenvalue weighted by atomic mass is 32.1. The van der Waals surface area contributed by atoms with Crippen LogP contribution in [0.4, 0.5) is 5.00 Å². The fourth-order valence-corrected chi connectivity index (χ4v) is 4.26. The fourth-order valence-electron chi connectivity index (χ4n) is 3.29. The molecule has 1 N–H and O–H groups in total. The lowest BCUT2D eigenvalue weighted by Gasteiger charge is -2.15.